The second-order valence-corrected chi connectivity index (χ2v) is 18.0. The van der Waals surface area contributed by atoms with Gasteiger partial charge in [0.25, 0.3) is 0 Å². The van der Waals surface area contributed by atoms with Crippen LogP contribution >= 0.6 is 0 Å². The highest BCUT2D eigenvalue weighted by Gasteiger charge is 2.35. The molecule has 0 saturated heterocycles. The number of aromatic nitrogens is 3. The molecular weight excluding hydrogens is 801 g/mol. The van der Waals surface area contributed by atoms with Crippen molar-refractivity contribution in [3.8, 4) is 61.7 Å². The van der Waals surface area contributed by atoms with Crippen molar-refractivity contribution in [2.24, 2.45) is 0 Å². The lowest BCUT2D eigenvalue weighted by Crippen LogP contribution is -2.14. The van der Waals surface area contributed by atoms with Gasteiger partial charge in [0.2, 0.25) is 5.69 Å². The van der Waals surface area contributed by atoms with Crippen molar-refractivity contribution in [3.63, 3.8) is 0 Å². The summed E-state index contributed by atoms with van der Waals surface area (Å²) >= 11 is 0. The number of rotatable bonds is 5. The maximum Gasteiger partial charge on any atom is 0.205 e. The summed E-state index contributed by atoms with van der Waals surface area (Å²) < 4.78 is 2.42. The molecule has 2 heterocycles. The molecule has 13 rings (SSSR count). The van der Waals surface area contributed by atoms with Crippen molar-refractivity contribution in [2.45, 2.75) is 19.3 Å². The molecule has 1 aliphatic carbocycles. The van der Waals surface area contributed by atoms with E-state index in [1.807, 2.05) is 30.3 Å². The van der Waals surface area contributed by atoms with Gasteiger partial charge in [0.05, 0.1) is 34.5 Å². The smallest absolute Gasteiger partial charge is 0.205 e. The average molecular weight is 841 g/mol. The Bertz CT molecular complexity index is 4020. The SMILES string of the molecule is [C-]#[N+]c1c(-c2nc(-c3ccccc3)c3ccc(-c4ccccc4)cc3n2)cc(-n2c3cc4ccccc4cc3c3c(-c4ccc5c(c4)C(C)(C)c4ccccc4-5)cccc32)c2ccccc12. The zero-order chi connectivity index (χ0) is 44.1. The first-order valence-corrected chi connectivity index (χ1v) is 22.5. The molecule has 0 spiro atoms. The van der Waals surface area contributed by atoms with Gasteiger partial charge in [-0.2, -0.15) is 0 Å². The summed E-state index contributed by atoms with van der Waals surface area (Å²) in [6.45, 7) is 13.4. The van der Waals surface area contributed by atoms with Gasteiger partial charge >= 0.3 is 0 Å². The summed E-state index contributed by atoms with van der Waals surface area (Å²) in [5.41, 5.74) is 16.8. The van der Waals surface area contributed by atoms with Crippen LogP contribution in [0.15, 0.2) is 206 Å². The molecule has 308 valence electrons. The Morgan fingerprint density at radius 3 is 1.91 bits per heavy atom. The molecule has 0 amide bonds. The molecule has 1 aliphatic rings. The van der Waals surface area contributed by atoms with E-state index in [1.165, 1.54) is 49.5 Å². The molecule has 4 nitrogen and oxygen atoms in total. The van der Waals surface area contributed by atoms with Crippen LogP contribution in [0.1, 0.15) is 25.0 Å². The van der Waals surface area contributed by atoms with E-state index >= 15 is 0 Å². The zero-order valence-corrected chi connectivity index (χ0v) is 36.4. The molecule has 0 bridgehead atoms. The van der Waals surface area contributed by atoms with Crippen LogP contribution in [0.4, 0.5) is 5.69 Å². The molecule has 2 aromatic heterocycles. The van der Waals surface area contributed by atoms with Gasteiger partial charge < -0.3 is 4.57 Å². The van der Waals surface area contributed by atoms with Gasteiger partial charge in [-0.05, 0) is 109 Å². The van der Waals surface area contributed by atoms with E-state index in [0.29, 0.717) is 17.1 Å². The highest BCUT2D eigenvalue weighted by Crippen LogP contribution is 2.51. The molecular formula is C62H40N4. The molecule has 0 N–H and O–H groups in total. The van der Waals surface area contributed by atoms with Crippen molar-refractivity contribution in [3.05, 3.63) is 229 Å². The summed E-state index contributed by atoms with van der Waals surface area (Å²) in [7, 11) is 0. The maximum absolute atomic E-state index is 8.75. The Hall–Kier alpha value is -8.65. The second-order valence-electron chi connectivity index (χ2n) is 18.0. The first-order valence-electron chi connectivity index (χ1n) is 22.5. The van der Waals surface area contributed by atoms with Crippen LogP contribution in [0.5, 0.6) is 0 Å². The quantitative estimate of drug-likeness (QED) is 0.162. The van der Waals surface area contributed by atoms with Crippen molar-refractivity contribution >= 4 is 59.9 Å². The summed E-state index contributed by atoms with van der Waals surface area (Å²) in [6, 6.07) is 73.6. The minimum Gasteiger partial charge on any atom is -0.309 e. The van der Waals surface area contributed by atoms with Crippen LogP contribution in [0, 0.1) is 6.57 Å². The van der Waals surface area contributed by atoms with Gasteiger partial charge in [0.15, 0.2) is 0 Å². The van der Waals surface area contributed by atoms with Gasteiger partial charge in [-0.1, -0.05) is 178 Å². The zero-order valence-electron chi connectivity index (χ0n) is 36.4. The third-order valence-corrected chi connectivity index (χ3v) is 14.0. The van der Waals surface area contributed by atoms with Crippen LogP contribution in [-0.4, -0.2) is 14.5 Å². The Balaban J connectivity index is 1.11. The number of hydrogen-bond acceptors (Lipinski definition) is 2. The van der Waals surface area contributed by atoms with Crippen molar-refractivity contribution in [1.29, 1.82) is 0 Å². The van der Waals surface area contributed by atoms with Crippen LogP contribution in [-0.2, 0) is 5.41 Å². The van der Waals surface area contributed by atoms with Gasteiger partial charge in [-0.3, -0.25) is 0 Å². The standard InChI is InChI=1S/C62H40N4/c1-62(2)52-27-15-14-23-45(52)46-31-30-43(34-53(46)62)44-26-16-28-55-58(44)50-33-40-21-10-11-22-41(40)36-56(50)66(55)57-37-51(60(63-3)48-25-13-12-24-47(48)57)61-64-54-35-42(38-17-6-4-7-18-38)29-32-49(54)59(65-61)39-19-8-5-9-20-39/h4-37H,1-2H3. The number of nitrogens with zero attached hydrogens (tertiary/aromatic N) is 4. The topological polar surface area (TPSA) is 35.1 Å². The van der Waals surface area contributed by atoms with Crippen molar-refractivity contribution in [2.75, 3.05) is 0 Å². The lowest BCUT2D eigenvalue weighted by Gasteiger charge is -2.22. The van der Waals surface area contributed by atoms with Crippen molar-refractivity contribution in [1.82, 2.24) is 14.5 Å². The number of benzene rings is 10. The molecule has 10 aromatic carbocycles. The Morgan fingerprint density at radius 2 is 1.11 bits per heavy atom. The minimum atomic E-state index is -0.131. The van der Waals surface area contributed by atoms with E-state index in [4.69, 9.17) is 16.5 Å². The third-order valence-electron chi connectivity index (χ3n) is 14.0. The Kier molecular flexibility index (Phi) is 8.28. The molecule has 12 aromatic rings. The fourth-order valence-corrected chi connectivity index (χ4v) is 10.8. The van der Waals surface area contributed by atoms with E-state index < -0.39 is 0 Å². The van der Waals surface area contributed by atoms with E-state index in [0.717, 1.165) is 66.2 Å². The van der Waals surface area contributed by atoms with Crippen LogP contribution in [0.25, 0.3) is 121 Å². The lowest BCUT2D eigenvalue weighted by molar-refractivity contribution is 0.660. The molecule has 0 saturated carbocycles. The third kappa shape index (κ3) is 5.63. The largest absolute Gasteiger partial charge is 0.309 e. The fourth-order valence-electron chi connectivity index (χ4n) is 10.8. The predicted octanol–water partition coefficient (Wildman–Crippen LogP) is 16.6. The molecule has 0 fully saturated rings. The molecule has 66 heavy (non-hydrogen) atoms. The van der Waals surface area contributed by atoms with Gasteiger partial charge in [0.1, 0.15) is 5.82 Å². The van der Waals surface area contributed by atoms with Crippen LogP contribution in [0.3, 0.4) is 0 Å². The van der Waals surface area contributed by atoms with E-state index in [-0.39, 0.29) is 5.41 Å². The van der Waals surface area contributed by atoms with E-state index in [1.54, 1.807) is 0 Å². The van der Waals surface area contributed by atoms with E-state index in [2.05, 4.69) is 199 Å². The van der Waals surface area contributed by atoms with Gasteiger partial charge in [-0.15, -0.1) is 0 Å². The summed E-state index contributed by atoms with van der Waals surface area (Å²) in [5, 5.41) is 7.50. The predicted molar refractivity (Wildman–Crippen MR) is 274 cm³/mol. The Labute approximate surface area is 382 Å². The lowest BCUT2D eigenvalue weighted by atomic mass is 9.81. The first-order chi connectivity index (χ1) is 32.4. The molecule has 0 atom stereocenters. The molecule has 0 radical (unpaired) electrons. The van der Waals surface area contributed by atoms with Gasteiger partial charge in [0, 0.05) is 32.7 Å². The highest BCUT2D eigenvalue weighted by molar-refractivity contribution is 6.20. The summed E-state index contributed by atoms with van der Waals surface area (Å²) in [4.78, 5) is 15.0. The van der Waals surface area contributed by atoms with Crippen LogP contribution < -0.4 is 0 Å². The van der Waals surface area contributed by atoms with E-state index in [9.17, 15) is 0 Å². The minimum absolute atomic E-state index is 0.131. The molecule has 0 unspecified atom stereocenters. The molecule has 0 aliphatic heterocycles. The normalized spacial score (nSPS) is 12.8. The van der Waals surface area contributed by atoms with Crippen molar-refractivity contribution < 1.29 is 0 Å². The Morgan fingerprint density at radius 1 is 0.439 bits per heavy atom. The molecule has 4 heteroatoms. The second kappa shape index (κ2) is 14.4. The summed E-state index contributed by atoms with van der Waals surface area (Å²) in [5.74, 6) is 0.512. The van der Waals surface area contributed by atoms with Gasteiger partial charge in [-0.25, -0.2) is 14.8 Å². The monoisotopic (exact) mass is 840 g/mol. The first kappa shape index (κ1) is 37.9. The average Bonchev–Trinajstić information content (AvgIpc) is 3.81. The number of hydrogen-bond donors (Lipinski definition) is 0. The summed E-state index contributed by atoms with van der Waals surface area (Å²) in [6.07, 6.45) is 0. The van der Waals surface area contributed by atoms with Crippen LogP contribution in [0.2, 0.25) is 0 Å². The highest BCUT2D eigenvalue weighted by atomic mass is 15.0. The number of fused-ring (bicyclic) bond motifs is 9. The fraction of sp³-hybridized carbons (Fsp3) is 0.0484. The maximum atomic E-state index is 8.75.